The van der Waals surface area contributed by atoms with E-state index in [4.69, 9.17) is 5.11 Å². The Balaban J connectivity index is 2.10. The van der Waals surface area contributed by atoms with Crippen molar-refractivity contribution in [1.82, 2.24) is 4.90 Å². The fourth-order valence-corrected chi connectivity index (χ4v) is 2.29. The quantitative estimate of drug-likeness (QED) is 0.727. The van der Waals surface area contributed by atoms with Gasteiger partial charge in [0.1, 0.15) is 0 Å². The van der Waals surface area contributed by atoms with Crippen molar-refractivity contribution in [2.24, 2.45) is 11.3 Å². The number of piperidine rings is 1. The van der Waals surface area contributed by atoms with Gasteiger partial charge < -0.3 is 10.0 Å². The Bertz CT molecular complexity index is 243. The summed E-state index contributed by atoms with van der Waals surface area (Å²) in [7, 11) is 0. The van der Waals surface area contributed by atoms with Gasteiger partial charge in [-0.1, -0.05) is 13.3 Å². The molecule has 0 aromatic carbocycles. The predicted octanol–water partition coefficient (Wildman–Crippen LogP) is 3.00. The summed E-state index contributed by atoms with van der Waals surface area (Å²) in [5.74, 6) is 0.210. The Labute approximate surface area is 105 Å². The van der Waals surface area contributed by atoms with Crippen molar-refractivity contribution in [3.05, 3.63) is 0 Å². The number of carboxylic acid groups (broad SMARTS) is 1. The molecule has 1 rings (SSSR count). The summed E-state index contributed by atoms with van der Waals surface area (Å²) in [6, 6.07) is 0. The van der Waals surface area contributed by atoms with Crippen molar-refractivity contribution >= 4 is 5.97 Å². The van der Waals surface area contributed by atoms with Crippen LogP contribution in [0.1, 0.15) is 52.9 Å². The van der Waals surface area contributed by atoms with Crippen molar-refractivity contribution in [2.75, 3.05) is 19.6 Å². The highest BCUT2D eigenvalue weighted by Crippen LogP contribution is 2.23. The van der Waals surface area contributed by atoms with Crippen molar-refractivity contribution < 1.29 is 9.90 Å². The Kier molecular flexibility index (Phi) is 5.44. The largest absolute Gasteiger partial charge is 0.481 e. The second-order valence-electron chi connectivity index (χ2n) is 6.17. The van der Waals surface area contributed by atoms with E-state index in [1.165, 1.54) is 25.9 Å². The highest BCUT2D eigenvalue weighted by molar-refractivity contribution is 5.73. The van der Waals surface area contributed by atoms with E-state index in [1.807, 2.05) is 13.8 Å². The molecule has 0 bridgehead atoms. The van der Waals surface area contributed by atoms with Crippen LogP contribution < -0.4 is 0 Å². The second kappa shape index (κ2) is 6.39. The van der Waals surface area contributed by atoms with E-state index in [0.717, 1.165) is 31.7 Å². The number of nitrogens with zero attached hydrogens (tertiary/aromatic N) is 1. The first-order chi connectivity index (χ1) is 7.92. The monoisotopic (exact) mass is 241 g/mol. The summed E-state index contributed by atoms with van der Waals surface area (Å²) in [6.07, 6.45) is 5.57. The van der Waals surface area contributed by atoms with Crippen molar-refractivity contribution in [3.63, 3.8) is 0 Å². The molecule has 0 aromatic rings. The van der Waals surface area contributed by atoms with Crippen LogP contribution in [-0.2, 0) is 4.79 Å². The van der Waals surface area contributed by atoms with Crippen LogP contribution >= 0.6 is 0 Å². The standard InChI is InChI=1S/C14H27NO2/c1-12-6-10-15(11-7-12)9-5-4-8-14(2,3)13(16)17/h12H,4-11H2,1-3H3,(H,16,17). The predicted molar refractivity (Wildman–Crippen MR) is 70.1 cm³/mol. The van der Waals surface area contributed by atoms with Gasteiger partial charge in [-0.2, -0.15) is 0 Å². The molecule has 17 heavy (non-hydrogen) atoms. The van der Waals surface area contributed by atoms with Crippen molar-refractivity contribution in [1.29, 1.82) is 0 Å². The van der Waals surface area contributed by atoms with E-state index in [-0.39, 0.29) is 0 Å². The average molecular weight is 241 g/mol. The highest BCUT2D eigenvalue weighted by Gasteiger charge is 2.26. The van der Waals surface area contributed by atoms with Crippen LogP contribution in [0.25, 0.3) is 0 Å². The Morgan fingerprint density at radius 2 is 1.88 bits per heavy atom. The number of hydrogen-bond acceptors (Lipinski definition) is 2. The van der Waals surface area contributed by atoms with Crippen LogP contribution in [0.5, 0.6) is 0 Å². The number of aliphatic carboxylic acids is 1. The van der Waals surface area contributed by atoms with Gasteiger partial charge in [-0.3, -0.25) is 4.79 Å². The molecular weight excluding hydrogens is 214 g/mol. The summed E-state index contributed by atoms with van der Waals surface area (Å²) < 4.78 is 0. The van der Waals surface area contributed by atoms with Gasteiger partial charge in [0.25, 0.3) is 0 Å². The molecule has 1 saturated heterocycles. The molecule has 0 radical (unpaired) electrons. The smallest absolute Gasteiger partial charge is 0.309 e. The van der Waals surface area contributed by atoms with Gasteiger partial charge >= 0.3 is 5.97 Å². The van der Waals surface area contributed by atoms with Gasteiger partial charge in [-0.15, -0.1) is 0 Å². The topological polar surface area (TPSA) is 40.5 Å². The number of likely N-dealkylation sites (tertiary alicyclic amines) is 1. The van der Waals surface area contributed by atoms with Crippen molar-refractivity contribution in [3.8, 4) is 0 Å². The third-order valence-corrected chi connectivity index (χ3v) is 3.98. The first-order valence-electron chi connectivity index (χ1n) is 6.87. The molecule has 0 atom stereocenters. The fourth-order valence-electron chi connectivity index (χ4n) is 2.29. The van der Waals surface area contributed by atoms with Crippen LogP contribution in [0.4, 0.5) is 0 Å². The minimum atomic E-state index is -0.677. The van der Waals surface area contributed by atoms with E-state index in [2.05, 4.69) is 11.8 Å². The zero-order valence-corrected chi connectivity index (χ0v) is 11.5. The molecule has 3 nitrogen and oxygen atoms in total. The zero-order valence-electron chi connectivity index (χ0n) is 11.5. The maximum absolute atomic E-state index is 10.9. The SMILES string of the molecule is CC1CCN(CCCCC(C)(C)C(=O)O)CC1. The van der Waals surface area contributed by atoms with E-state index < -0.39 is 11.4 Å². The van der Waals surface area contributed by atoms with E-state index in [9.17, 15) is 4.79 Å². The maximum atomic E-state index is 10.9. The Morgan fingerprint density at radius 3 is 2.41 bits per heavy atom. The number of unbranched alkanes of at least 4 members (excludes halogenated alkanes) is 1. The lowest BCUT2D eigenvalue weighted by Gasteiger charge is -2.30. The van der Waals surface area contributed by atoms with Gasteiger partial charge in [-0.05, 0) is 65.1 Å². The van der Waals surface area contributed by atoms with Gasteiger partial charge in [-0.25, -0.2) is 0 Å². The number of carbonyl (C=O) groups is 1. The molecule has 0 unspecified atom stereocenters. The summed E-state index contributed by atoms with van der Waals surface area (Å²) in [5, 5.41) is 9.01. The lowest BCUT2D eigenvalue weighted by atomic mass is 9.87. The summed E-state index contributed by atoms with van der Waals surface area (Å²) in [6.45, 7) is 9.55. The molecule has 0 saturated carbocycles. The maximum Gasteiger partial charge on any atom is 0.309 e. The molecule has 0 aliphatic carbocycles. The average Bonchev–Trinajstić information content (AvgIpc) is 2.26. The first-order valence-corrected chi connectivity index (χ1v) is 6.87. The molecule has 0 aromatic heterocycles. The van der Waals surface area contributed by atoms with Gasteiger partial charge in [0.15, 0.2) is 0 Å². The molecule has 0 amide bonds. The Hall–Kier alpha value is -0.570. The highest BCUT2D eigenvalue weighted by atomic mass is 16.4. The second-order valence-corrected chi connectivity index (χ2v) is 6.17. The fraction of sp³-hybridized carbons (Fsp3) is 0.929. The molecule has 1 aliphatic rings. The van der Waals surface area contributed by atoms with Crippen LogP contribution in [0, 0.1) is 11.3 Å². The minimum Gasteiger partial charge on any atom is -0.481 e. The number of hydrogen-bond donors (Lipinski definition) is 1. The van der Waals surface area contributed by atoms with Gasteiger partial charge in [0, 0.05) is 0 Å². The lowest BCUT2D eigenvalue weighted by Crippen LogP contribution is -2.33. The normalized spacial score (nSPS) is 19.5. The first kappa shape index (κ1) is 14.5. The summed E-state index contributed by atoms with van der Waals surface area (Å²) in [4.78, 5) is 13.5. The van der Waals surface area contributed by atoms with Crippen LogP contribution in [0.3, 0.4) is 0 Å². The van der Waals surface area contributed by atoms with Crippen LogP contribution in [-0.4, -0.2) is 35.6 Å². The molecule has 0 spiro atoms. The zero-order chi connectivity index (χ0) is 12.9. The van der Waals surface area contributed by atoms with E-state index in [0.29, 0.717) is 0 Å². The number of rotatable bonds is 6. The van der Waals surface area contributed by atoms with Crippen LogP contribution in [0.15, 0.2) is 0 Å². The molecular formula is C14H27NO2. The molecule has 100 valence electrons. The van der Waals surface area contributed by atoms with Gasteiger partial charge in [0.2, 0.25) is 0 Å². The molecule has 1 heterocycles. The third-order valence-electron chi connectivity index (χ3n) is 3.98. The van der Waals surface area contributed by atoms with Crippen molar-refractivity contribution in [2.45, 2.75) is 52.9 Å². The van der Waals surface area contributed by atoms with Crippen LogP contribution in [0.2, 0.25) is 0 Å². The van der Waals surface area contributed by atoms with E-state index >= 15 is 0 Å². The molecule has 1 fully saturated rings. The molecule has 1 aliphatic heterocycles. The summed E-state index contributed by atoms with van der Waals surface area (Å²) >= 11 is 0. The van der Waals surface area contributed by atoms with Gasteiger partial charge in [0.05, 0.1) is 5.41 Å². The van der Waals surface area contributed by atoms with E-state index in [1.54, 1.807) is 0 Å². The summed E-state index contributed by atoms with van der Waals surface area (Å²) in [5.41, 5.74) is -0.559. The lowest BCUT2D eigenvalue weighted by molar-refractivity contribution is -0.147. The number of carboxylic acids is 1. The molecule has 3 heteroatoms. The molecule has 1 N–H and O–H groups in total. The Morgan fingerprint density at radius 1 is 1.29 bits per heavy atom. The minimum absolute atomic E-state index is 0.559. The third kappa shape index (κ3) is 5.07.